The summed E-state index contributed by atoms with van der Waals surface area (Å²) in [7, 11) is 0. The van der Waals surface area contributed by atoms with E-state index in [1.807, 2.05) is 0 Å². The van der Waals surface area contributed by atoms with E-state index in [0.29, 0.717) is 0 Å². The van der Waals surface area contributed by atoms with Crippen molar-refractivity contribution in [1.29, 1.82) is 0 Å². The van der Waals surface area contributed by atoms with Crippen LogP contribution in [0.5, 0.6) is 0 Å². The maximum absolute atomic E-state index is 3.90. The van der Waals surface area contributed by atoms with Gasteiger partial charge < -0.3 is 5.32 Å². The van der Waals surface area contributed by atoms with Crippen LogP contribution in [0.3, 0.4) is 0 Å². The smallest absolute Gasteiger partial charge is 0.0124 e. The molecule has 1 N–H and O–H groups in total. The van der Waals surface area contributed by atoms with Gasteiger partial charge in [0.15, 0.2) is 0 Å². The molecule has 2 fully saturated rings. The molecular formula is C19H37N. The van der Waals surface area contributed by atoms with E-state index in [4.69, 9.17) is 0 Å². The van der Waals surface area contributed by atoms with Crippen LogP contribution in [0.15, 0.2) is 0 Å². The molecule has 0 amide bonds. The SMILES string of the molecule is CCNC(C1CCC(CC)CC1)C1CCCC(CC)C1. The predicted octanol–water partition coefficient (Wildman–Crippen LogP) is 5.40. The summed E-state index contributed by atoms with van der Waals surface area (Å²) < 4.78 is 0. The van der Waals surface area contributed by atoms with Crippen LogP contribution in [-0.4, -0.2) is 12.6 Å². The van der Waals surface area contributed by atoms with E-state index in [-0.39, 0.29) is 0 Å². The normalized spacial score (nSPS) is 36.8. The fraction of sp³-hybridized carbons (Fsp3) is 1.00. The molecule has 2 aliphatic rings. The Bertz CT molecular complexity index is 254. The Morgan fingerprint density at radius 3 is 2.10 bits per heavy atom. The number of hydrogen-bond donors (Lipinski definition) is 1. The average molecular weight is 280 g/mol. The molecule has 0 aromatic rings. The van der Waals surface area contributed by atoms with E-state index in [9.17, 15) is 0 Å². The van der Waals surface area contributed by atoms with Crippen molar-refractivity contribution in [3.8, 4) is 0 Å². The summed E-state index contributed by atoms with van der Waals surface area (Å²) in [5.74, 6) is 3.99. The molecule has 3 unspecified atom stereocenters. The minimum atomic E-state index is 0.826. The molecule has 0 aromatic heterocycles. The zero-order chi connectivity index (χ0) is 14.4. The van der Waals surface area contributed by atoms with Crippen molar-refractivity contribution in [1.82, 2.24) is 5.32 Å². The minimum Gasteiger partial charge on any atom is -0.314 e. The molecule has 0 aromatic carbocycles. The molecule has 0 aliphatic heterocycles. The zero-order valence-electron chi connectivity index (χ0n) is 14.2. The first-order valence-corrected chi connectivity index (χ1v) is 9.51. The second-order valence-corrected chi connectivity index (χ2v) is 7.47. The van der Waals surface area contributed by atoms with Crippen LogP contribution in [0.1, 0.15) is 85.0 Å². The van der Waals surface area contributed by atoms with E-state index < -0.39 is 0 Å². The lowest BCUT2D eigenvalue weighted by Crippen LogP contribution is -2.45. The van der Waals surface area contributed by atoms with Crippen LogP contribution >= 0.6 is 0 Å². The van der Waals surface area contributed by atoms with Gasteiger partial charge in [0, 0.05) is 6.04 Å². The fourth-order valence-corrected chi connectivity index (χ4v) is 4.94. The summed E-state index contributed by atoms with van der Waals surface area (Å²) in [6.45, 7) is 8.22. The molecule has 1 nitrogen and oxygen atoms in total. The molecule has 20 heavy (non-hydrogen) atoms. The van der Waals surface area contributed by atoms with Crippen molar-refractivity contribution >= 4 is 0 Å². The Kier molecular flexibility index (Phi) is 6.87. The molecule has 0 radical (unpaired) electrons. The summed E-state index contributed by atoms with van der Waals surface area (Å²) >= 11 is 0. The lowest BCUT2D eigenvalue weighted by Gasteiger charge is -2.41. The molecule has 1 heteroatoms. The highest BCUT2D eigenvalue weighted by atomic mass is 14.9. The number of hydrogen-bond acceptors (Lipinski definition) is 1. The second kappa shape index (κ2) is 8.41. The third kappa shape index (κ3) is 4.23. The first kappa shape index (κ1) is 16.3. The first-order chi connectivity index (χ1) is 9.78. The molecule has 2 rings (SSSR count). The highest BCUT2D eigenvalue weighted by Gasteiger charge is 2.34. The maximum atomic E-state index is 3.90. The Morgan fingerprint density at radius 2 is 1.50 bits per heavy atom. The molecule has 118 valence electrons. The molecule has 3 atom stereocenters. The average Bonchev–Trinajstić information content (AvgIpc) is 2.53. The summed E-state index contributed by atoms with van der Waals surface area (Å²) in [5, 5.41) is 3.90. The summed E-state index contributed by atoms with van der Waals surface area (Å²) in [5.41, 5.74) is 0. The summed E-state index contributed by atoms with van der Waals surface area (Å²) in [4.78, 5) is 0. The van der Waals surface area contributed by atoms with E-state index in [1.54, 1.807) is 0 Å². The van der Waals surface area contributed by atoms with Gasteiger partial charge in [-0.05, 0) is 55.9 Å². The van der Waals surface area contributed by atoms with Crippen LogP contribution in [0.4, 0.5) is 0 Å². The summed E-state index contributed by atoms with van der Waals surface area (Å²) in [6.07, 6.45) is 14.7. The van der Waals surface area contributed by atoms with Crippen LogP contribution in [0, 0.1) is 23.7 Å². The van der Waals surface area contributed by atoms with Gasteiger partial charge in [-0.1, -0.05) is 59.3 Å². The lowest BCUT2D eigenvalue weighted by atomic mass is 9.69. The summed E-state index contributed by atoms with van der Waals surface area (Å²) in [6, 6.07) is 0.826. The van der Waals surface area contributed by atoms with Gasteiger partial charge >= 0.3 is 0 Å². The van der Waals surface area contributed by atoms with Gasteiger partial charge in [0.2, 0.25) is 0 Å². The van der Waals surface area contributed by atoms with Crippen LogP contribution < -0.4 is 5.32 Å². The highest BCUT2D eigenvalue weighted by molar-refractivity contribution is 4.89. The van der Waals surface area contributed by atoms with Gasteiger partial charge in [0.05, 0.1) is 0 Å². The van der Waals surface area contributed by atoms with Crippen molar-refractivity contribution in [2.45, 2.75) is 91.0 Å². The van der Waals surface area contributed by atoms with Gasteiger partial charge in [-0.25, -0.2) is 0 Å². The molecular weight excluding hydrogens is 242 g/mol. The third-order valence-corrected chi connectivity index (χ3v) is 6.33. The van der Waals surface area contributed by atoms with Crippen LogP contribution in [0.2, 0.25) is 0 Å². The van der Waals surface area contributed by atoms with Gasteiger partial charge in [0.25, 0.3) is 0 Å². The molecule has 2 saturated carbocycles. The highest BCUT2D eigenvalue weighted by Crippen LogP contribution is 2.40. The Hall–Kier alpha value is -0.0400. The van der Waals surface area contributed by atoms with E-state index in [0.717, 1.165) is 36.3 Å². The molecule has 0 bridgehead atoms. The Morgan fingerprint density at radius 1 is 0.800 bits per heavy atom. The van der Waals surface area contributed by atoms with Gasteiger partial charge in [-0.2, -0.15) is 0 Å². The quantitative estimate of drug-likeness (QED) is 0.686. The second-order valence-electron chi connectivity index (χ2n) is 7.47. The standard InChI is InChI=1S/C19H37N/c1-4-15-10-12-17(13-11-15)19(20-6-3)18-9-7-8-16(5-2)14-18/h15-20H,4-14H2,1-3H3. The third-order valence-electron chi connectivity index (χ3n) is 6.33. The van der Waals surface area contributed by atoms with Crippen molar-refractivity contribution in [3.05, 3.63) is 0 Å². The maximum Gasteiger partial charge on any atom is 0.0124 e. The van der Waals surface area contributed by atoms with Crippen molar-refractivity contribution in [2.24, 2.45) is 23.7 Å². The van der Waals surface area contributed by atoms with Crippen molar-refractivity contribution in [3.63, 3.8) is 0 Å². The fourth-order valence-electron chi connectivity index (χ4n) is 4.94. The predicted molar refractivity (Wildman–Crippen MR) is 88.9 cm³/mol. The topological polar surface area (TPSA) is 12.0 Å². The molecule has 0 heterocycles. The minimum absolute atomic E-state index is 0.826. The number of nitrogens with one attached hydrogen (secondary N) is 1. The van der Waals surface area contributed by atoms with Gasteiger partial charge in [0.1, 0.15) is 0 Å². The van der Waals surface area contributed by atoms with Gasteiger partial charge in [-0.15, -0.1) is 0 Å². The van der Waals surface area contributed by atoms with E-state index in [1.165, 1.54) is 64.2 Å². The lowest BCUT2D eigenvalue weighted by molar-refractivity contribution is 0.132. The van der Waals surface area contributed by atoms with Gasteiger partial charge in [-0.3, -0.25) is 0 Å². The Labute approximate surface area is 127 Å². The van der Waals surface area contributed by atoms with Crippen LogP contribution in [-0.2, 0) is 0 Å². The first-order valence-electron chi connectivity index (χ1n) is 9.51. The molecule has 0 saturated heterocycles. The van der Waals surface area contributed by atoms with Crippen LogP contribution in [0.25, 0.3) is 0 Å². The van der Waals surface area contributed by atoms with E-state index in [2.05, 4.69) is 26.1 Å². The van der Waals surface area contributed by atoms with Crippen molar-refractivity contribution < 1.29 is 0 Å². The molecule has 0 spiro atoms. The largest absolute Gasteiger partial charge is 0.314 e. The zero-order valence-corrected chi connectivity index (χ0v) is 14.2. The molecule has 2 aliphatic carbocycles. The van der Waals surface area contributed by atoms with Crippen molar-refractivity contribution in [2.75, 3.05) is 6.54 Å². The van der Waals surface area contributed by atoms with E-state index >= 15 is 0 Å². The Balaban J connectivity index is 1.92. The monoisotopic (exact) mass is 279 g/mol. The number of rotatable bonds is 6.